The molecule has 130 valence electrons. The largest absolute Gasteiger partial charge is 0.451 e. The highest BCUT2D eigenvalue weighted by Crippen LogP contribution is 2.29. The minimum Gasteiger partial charge on any atom is -0.451 e. The summed E-state index contributed by atoms with van der Waals surface area (Å²) in [5.74, 6) is 0.180. The molecule has 0 saturated heterocycles. The number of hydrogen-bond donors (Lipinski definition) is 0. The molecule has 0 spiro atoms. The van der Waals surface area contributed by atoms with Crippen molar-refractivity contribution < 1.29 is 13.9 Å². The van der Waals surface area contributed by atoms with Crippen molar-refractivity contribution in [3.8, 4) is 0 Å². The van der Waals surface area contributed by atoms with Gasteiger partial charge in [-0.3, -0.25) is 9.78 Å². The van der Waals surface area contributed by atoms with Crippen molar-refractivity contribution in [1.29, 1.82) is 0 Å². The van der Waals surface area contributed by atoms with E-state index in [4.69, 9.17) is 9.15 Å². The van der Waals surface area contributed by atoms with E-state index in [2.05, 4.69) is 4.98 Å². The van der Waals surface area contributed by atoms with E-state index in [9.17, 15) is 4.79 Å². The molecular weight excluding hydrogens is 316 g/mol. The number of amides is 1. The maximum absolute atomic E-state index is 13.1. The number of aryl methyl sites for hydroxylation is 2. The van der Waals surface area contributed by atoms with Crippen LogP contribution in [0.15, 0.2) is 47.0 Å². The highest BCUT2D eigenvalue weighted by atomic mass is 16.5. The van der Waals surface area contributed by atoms with E-state index in [0.29, 0.717) is 12.4 Å². The van der Waals surface area contributed by atoms with Gasteiger partial charge < -0.3 is 14.1 Å². The summed E-state index contributed by atoms with van der Waals surface area (Å²) in [4.78, 5) is 19.1. The van der Waals surface area contributed by atoms with Crippen LogP contribution in [0.4, 0.5) is 0 Å². The van der Waals surface area contributed by atoms with Crippen molar-refractivity contribution in [2.24, 2.45) is 0 Å². The van der Waals surface area contributed by atoms with Gasteiger partial charge in [0.2, 0.25) is 0 Å². The molecule has 0 N–H and O–H groups in total. The second-order valence-corrected chi connectivity index (χ2v) is 6.20. The van der Waals surface area contributed by atoms with E-state index in [-0.39, 0.29) is 11.9 Å². The van der Waals surface area contributed by atoms with Gasteiger partial charge in [-0.15, -0.1) is 0 Å². The van der Waals surface area contributed by atoms with E-state index in [0.717, 1.165) is 27.8 Å². The van der Waals surface area contributed by atoms with Crippen LogP contribution in [0, 0.1) is 13.8 Å². The third-order valence-electron chi connectivity index (χ3n) is 4.43. The minimum absolute atomic E-state index is 0.181. The third-order valence-corrected chi connectivity index (χ3v) is 4.43. The number of nitrogens with zero attached hydrogens (tertiary/aromatic N) is 2. The van der Waals surface area contributed by atoms with Gasteiger partial charge in [-0.05, 0) is 37.6 Å². The van der Waals surface area contributed by atoms with Gasteiger partial charge >= 0.3 is 0 Å². The molecule has 0 bridgehead atoms. The third kappa shape index (κ3) is 3.28. The van der Waals surface area contributed by atoms with Gasteiger partial charge in [0.05, 0.1) is 18.3 Å². The second-order valence-electron chi connectivity index (χ2n) is 6.20. The molecule has 5 nitrogen and oxygen atoms in total. The Morgan fingerprint density at radius 3 is 2.76 bits per heavy atom. The first-order valence-electron chi connectivity index (χ1n) is 8.19. The maximum atomic E-state index is 13.1. The molecule has 1 aromatic carbocycles. The summed E-state index contributed by atoms with van der Waals surface area (Å²) in [7, 11) is 3.36. The summed E-state index contributed by atoms with van der Waals surface area (Å²) < 4.78 is 11.2. The Bertz CT molecular complexity index is 887. The summed E-state index contributed by atoms with van der Waals surface area (Å²) in [6.07, 6.45) is 1.71. The summed E-state index contributed by atoms with van der Waals surface area (Å²) in [5.41, 5.74) is 3.46. The minimum atomic E-state index is -0.284. The number of ether oxygens (including phenoxy) is 1. The Morgan fingerprint density at radius 2 is 2.08 bits per heavy atom. The predicted octanol–water partition coefficient (Wildman–Crippen LogP) is 3.90. The van der Waals surface area contributed by atoms with Gasteiger partial charge in [-0.25, -0.2) is 0 Å². The molecule has 1 atom stereocenters. The summed E-state index contributed by atoms with van der Waals surface area (Å²) in [6.45, 7) is 4.27. The number of carbonyl (C=O) groups excluding carboxylic acids is 1. The quantitative estimate of drug-likeness (QED) is 0.708. The Labute approximate surface area is 147 Å². The van der Waals surface area contributed by atoms with Gasteiger partial charge in [0.1, 0.15) is 5.58 Å². The fourth-order valence-electron chi connectivity index (χ4n) is 2.96. The standard InChI is InChI=1S/C20H22N2O3/c1-13-8-9-15-14(2)19(25-18(15)11-13)20(23)22(3)17(12-24-4)16-7-5-6-10-21-16/h5-11,17H,12H2,1-4H3/t17-/m0/s1. The van der Waals surface area contributed by atoms with Crippen molar-refractivity contribution in [2.75, 3.05) is 20.8 Å². The molecule has 0 unspecified atom stereocenters. The van der Waals surface area contributed by atoms with E-state index in [1.165, 1.54) is 0 Å². The van der Waals surface area contributed by atoms with Gasteiger partial charge in [-0.1, -0.05) is 18.2 Å². The first kappa shape index (κ1) is 17.2. The summed E-state index contributed by atoms with van der Waals surface area (Å²) >= 11 is 0. The van der Waals surface area contributed by atoms with Crippen LogP contribution in [0.3, 0.4) is 0 Å². The van der Waals surface area contributed by atoms with E-state index in [1.54, 1.807) is 25.3 Å². The number of furan rings is 1. The van der Waals surface area contributed by atoms with E-state index < -0.39 is 0 Å². The lowest BCUT2D eigenvalue weighted by Crippen LogP contribution is -2.34. The van der Waals surface area contributed by atoms with Crippen LogP contribution in [0.25, 0.3) is 11.0 Å². The second kappa shape index (κ2) is 7.07. The van der Waals surface area contributed by atoms with Gasteiger partial charge in [0.15, 0.2) is 5.76 Å². The summed E-state index contributed by atoms with van der Waals surface area (Å²) in [5, 5.41) is 0.962. The molecule has 0 aliphatic carbocycles. The number of aromatic nitrogens is 1. The first-order valence-corrected chi connectivity index (χ1v) is 8.19. The average Bonchev–Trinajstić information content (AvgIpc) is 2.95. The van der Waals surface area contributed by atoms with E-state index >= 15 is 0 Å². The summed E-state index contributed by atoms with van der Waals surface area (Å²) in [6, 6.07) is 11.3. The van der Waals surface area contributed by atoms with Crippen molar-refractivity contribution in [1.82, 2.24) is 9.88 Å². The maximum Gasteiger partial charge on any atom is 0.290 e. The molecule has 0 aliphatic rings. The average molecular weight is 338 g/mol. The highest BCUT2D eigenvalue weighted by molar-refractivity contribution is 5.99. The molecule has 2 heterocycles. The molecule has 25 heavy (non-hydrogen) atoms. The molecule has 0 radical (unpaired) electrons. The molecular formula is C20H22N2O3. The first-order chi connectivity index (χ1) is 12.0. The zero-order valence-electron chi connectivity index (χ0n) is 14.9. The number of rotatable bonds is 5. The molecule has 0 aliphatic heterocycles. The van der Waals surface area contributed by atoms with Crippen LogP contribution in [0.1, 0.15) is 33.4 Å². The number of likely N-dealkylation sites (N-methyl/N-ethyl adjacent to an activating group) is 1. The molecule has 5 heteroatoms. The number of benzene rings is 1. The fourth-order valence-corrected chi connectivity index (χ4v) is 2.96. The van der Waals surface area contributed by atoms with Crippen LogP contribution in [-0.4, -0.2) is 36.6 Å². The predicted molar refractivity (Wildman–Crippen MR) is 96.6 cm³/mol. The Hall–Kier alpha value is -2.66. The monoisotopic (exact) mass is 338 g/mol. The molecule has 0 saturated carbocycles. The Balaban J connectivity index is 1.97. The number of fused-ring (bicyclic) bond motifs is 1. The van der Waals surface area contributed by atoms with Crippen LogP contribution in [0.2, 0.25) is 0 Å². The van der Waals surface area contributed by atoms with Crippen LogP contribution < -0.4 is 0 Å². The fraction of sp³-hybridized carbons (Fsp3) is 0.300. The lowest BCUT2D eigenvalue weighted by atomic mass is 10.1. The van der Waals surface area contributed by atoms with Crippen LogP contribution >= 0.6 is 0 Å². The number of methoxy groups -OCH3 is 1. The molecule has 0 fully saturated rings. The van der Waals surface area contributed by atoms with Gasteiger partial charge in [-0.2, -0.15) is 0 Å². The topological polar surface area (TPSA) is 55.6 Å². The molecule has 3 rings (SSSR count). The number of pyridine rings is 1. The Kier molecular flexibility index (Phi) is 4.86. The zero-order chi connectivity index (χ0) is 18.0. The van der Waals surface area contributed by atoms with Gasteiger partial charge in [0, 0.05) is 31.3 Å². The molecule has 1 amide bonds. The SMILES string of the molecule is COC[C@@H](c1ccccn1)N(C)C(=O)c1oc2cc(C)ccc2c1C. The Morgan fingerprint density at radius 1 is 1.28 bits per heavy atom. The molecule has 2 aromatic heterocycles. The van der Waals surface area contributed by atoms with Crippen molar-refractivity contribution in [3.05, 3.63) is 65.2 Å². The number of carbonyl (C=O) groups is 1. The smallest absolute Gasteiger partial charge is 0.290 e. The highest BCUT2D eigenvalue weighted by Gasteiger charge is 2.28. The van der Waals surface area contributed by atoms with Gasteiger partial charge in [0.25, 0.3) is 5.91 Å². The van der Waals surface area contributed by atoms with Crippen molar-refractivity contribution in [2.45, 2.75) is 19.9 Å². The normalized spacial score (nSPS) is 12.3. The lowest BCUT2D eigenvalue weighted by molar-refractivity contribution is 0.0567. The van der Waals surface area contributed by atoms with Crippen LogP contribution in [-0.2, 0) is 4.74 Å². The molecule has 3 aromatic rings. The lowest BCUT2D eigenvalue weighted by Gasteiger charge is -2.26. The number of hydrogen-bond acceptors (Lipinski definition) is 4. The van der Waals surface area contributed by atoms with Crippen molar-refractivity contribution >= 4 is 16.9 Å². The van der Waals surface area contributed by atoms with Crippen molar-refractivity contribution in [3.63, 3.8) is 0 Å². The zero-order valence-corrected chi connectivity index (χ0v) is 14.9. The van der Waals surface area contributed by atoms with E-state index in [1.807, 2.05) is 50.2 Å². The van der Waals surface area contributed by atoms with Crippen LogP contribution in [0.5, 0.6) is 0 Å².